The molecule has 7 heteroatoms. The van der Waals surface area contributed by atoms with E-state index in [1.54, 1.807) is 42.5 Å². The molecular formula is C18H18BrN3O2S. The molecule has 0 aliphatic rings. The maximum Gasteiger partial charge on any atom is 0.258 e. The molecule has 0 heterocycles. The summed E-state index contributed by atoms with van der Waals surface area (Å²) in [5.74, 6) is -0.312. The second kappa shape index (κ2) is 9.29. The van der Waals surface area contributed by atoms with Gasteiger partial charge in [0.05, 0.1) is 5.56 Å². The molecule has 2 aromatic carbocycles. The van der Waals surface area contributed by atoms with Crippen molar-refractivity contribution in [2.24, 2.45) is 0 Å². The van der Waals surface area contributed by atoms with Gasteiger partial charge < -0.3 is 10.6 Å². The van der Waals surface area contributed by atoms with Gasteiger partial charge in [0.15, 0.2) is 5.11 Å². The van der Waals surface area contributed by atoms with Crippen molar-refractivity contribution < 1.29 is 9.59 Å². The van der Waals surface area contributed by atoms with Crippen LogP contribution in [0.1, 0.15) is 30.1 Å². The maximum absolute atomic E-state index is 12.2. The number of rotatable bonds is 5. The molecule has 0 saturated heterocycles. The summed E-state index contributed by atoms with van der Waals surface area (Å²) in [6.45, 7) is 1.95. The molecule has 3 N–H and O–H groups in total. The average Bonchev–Trinajstić information content (AvgIpc) is 2.57. The van der Waals surface area contributed by atoms with Gasteiger partial charge in [0.25, 0.3) is 5.91 Å². The molecule has 0 saturated carbocycles. The summed E-state index contributed by atoms with van der Waals surface area (Å²) in [7, 11) is 0. The summed E-state index contributed by atoms with van der Waals surface area (Å²) in [4.78, 5) is 23.7. The molecule has 0 bridgehead atoms. The largest absolute Gasteiger partial charge is 0.332 e. The molecule has 130 valence electrons. The minimum absolute atomic E-state index is 0.0144. The summed E-state index contributed by atoms with van der Waals surface area (Å²) in [5.41, 5.74) is 1.93. The Balaban J connectivity index is 1.91. The zero-order chi connectivity index (χ0) is 18.2. The van der Waals surface area contributed by atoms with Gasteiger partial charge in [0, 0.05) is 22.3 Å². The Morgan fingerprint density at radius 3 is 2.20 bits per heavy atom. The van der Waals surface area contributed by atoms with Gasteiger partial charge in [-0.2, -0.15) is 0 Å². The Morgan fingerprint density at radius 2 is 1.60 bits per heavy atom. The van der Waals surface area contributed by atoms with Crippen molar-refractivity contribution in [1.82, 2.24) is 5.32 Å². The molecule has 2 rings (SSSR count). The van der Waals surface area contributed by atoms with Crippen molar-refractivity contribution in [3.63, 3.8) is 0 Å². The Hall–Kier alpha value is -2.25. The fraction of sp³-hybridized carbons (Fsp3) is 0.167. The van der Waals surface area contributed by atoms with E-state index in [-0.39, 0.29) is 16.9 Å². The fourth-order valence-electron chi connectivity index (χ4n) is 2.07. The van der Waals surface area contributed by atoms with Gasteiger partial charge in [0.2, 0.25) is 5.91 Å². The number of halogens is 1. The van der Waals surface area contributed by atoms with E-state index in [1.165, 1.54) is 0 Å². The smallest absolute Gasteiger partial charge is 0.258 e. The lowest BCUT2D eigenvalue weighted by Gasteiger charge is -2.11. The van der Waals surface area contributed by atoms with Crippen LogP contribution in [0.4, 0.5) is 11.4 Å². The number of thiocarbonyl (C=S) groups is 1. The number of hydrogen-bond donors (Lipinski definition) is 3. The Kier molecular flexibility index (Phi) is 7.09. The van der Waals surface area contributed by atoms with Crippen molar-refractivity contribution in [3.8, 4) is 0 Å². The molecule has 0 atom stereocenters. The lowest BCUT2D eigenvalue weighted by molar-refractivity contribution is -0.116. The zero-order valence-corrected chi connectivity index (χ0v) is 16.0. The molecule has 2 amide bonds. The third-order valence-corrected chi connectivity index (χ3v) is 4.14. The number of carbonyl (C=O) groups is 2. The first-order valence-electron chi connectivity index (χ1n) is 7.76. The first-order valence-corrected chi connectivity index (χ1v) is 8.96. The van der Waals surface area contributed by atoms with Crippen molar-refractivity contribution in [2.75, 3.05) is 10.6 Å². The van der Waals surface area contributed by atoms with Crippen LogP contribution in [0, 0.1) is 0 Å². The summed E-state index contributed by atoms with van der Waals surface area (Å²) in [6.07, 6.45) is 1.29. The van der Waals surface area contributed by atoms with Gasteiger partial charge in [-0.05, 0) is 71.0 Å². The lowest BCUT2D eigenvalue weighted by Crippen LogP contribution is -2.34. The predicted molar refractivity (Wildman–Crippen MR) is 108 cm³/mol. The van der Waals surface area contributed by atoms with Crippen LogP contribution in [0.25, 0.3) is 0 Å². The van der Waals surface area contributed by atoms with E-state index < -0.39 is 0 Å². The van der Waals surface area contributed by atoms with Crippen LogP contribution >= 0.6 is 28.1 Å². The number of benzene rings is 2. The van der Waals surface area contributed by atoms with E-state index in [9.17, 15) is 9.59 Å². The first-order chi connectivity index (χ1) is 12.0. The number of amides is 2. The summed E-state index contributed by atoms with van der Waals surface area (Å²) in [6, 6.07) is 14.2. The van der Waals surface area contributed by atoms with Crippen LogP contribution in [0.2, 0.25) is 0 Å². The Labute approximate surface area is 160 Å². The van der Waals surface area contributed by atoms with Crippen LogP contribution < -0.4 is 16.0 Å². The van der Waals surface area contributed by atoms with Crippen LogP contribution in [0.5, 0.6) is 0 Å². The number of carbonyl (C=O) groups excluding carboxylic acids is 2. The van der Waals surface area contributed by atoms with E-state index >= 15 is 0 Å². The molecule has 0 aromatic heterocycles. The minimum Gasteiger partial charge on any atom is -0.332 e. The molecular weight excluding hydrogens is 402 g/mol. The third-order valence-electron chi connectivity index (χ3n) is 3.25. The molecule has 0 aliphatic heterocycles. The van der Waals surface area contributed by atoms with Gasteiger partial charge in [-0.3, -0.25) is 14.9 Å². The van der Waals surface area contributed by atoms with E-state index in [2.05, 4.69) is 31.9 Å². The van der Waals surface area contributed by atoms with E-state index in [1.807, 2.05) is 13.0 Å². The Bertz CT molecular complexity index is 778. The average molecular weight is 420 g/mol. The molecule has 5 nitrogen and oxygen atoms in total. The Morgan fingerprint density at radius 1 is 1.00 bits per heavy atom. The van der Waals surface area contributed by atoms with Crippen molar-refractivity contribution in [2.45, 2.75) is 19.8 Å². The van der Waals surface area contributed by atoms with Crippen LogP contribution in [-0.2, 0) is 4.79 Å². The summed E-state index contributed by atoms with van der Waals surface area (Å²) in [5, 5.41) is 8.58. The normalized spacial score (nSPS) is 10.0. The quantitative estimate of drug-likeness (QED) is 0.631. The van der Waals surface area contributed by atoms with E-state index in [0.29, 0.717) is 27.8 Å². The molecule has 0 fully saturated rings. The summed E-state index contributed by atoms with van der Waals surface area (Å²) < 4.78 is 0.697. The van der Waals surface area contributed by atoms with Gasteiger partial charge >= 0.3 is 0 Å². The number of hydrogen-bond acceptors (Lipinski definition) is 3. The molecule has 2 aromatic rings. The predicted octanol–water partition coefficient (Wildman–Crippen LogP) is 4.31. The SMILES string of the molecule is CCCC(=O)Nc1ccc(NC(=S)NC(=O)c2ccccc2Br)cc1. The third kappa shape index (κ3) is 5.95. The van der Waals surface area contributed by atoms with E-state index in [4.69, 9.17) is 12.2 Å². The molecule has 0 aliphatic carbocycles. The summed E-state index contributed by atoms with van der Waals surface area (Å²) >= 11 is 8.50. The van der Waals surface area contributed by atoms with Crippen LogP contribution in [0.3, 0.4) is 0 Å². The highest BCUT2D eigenvalue weighted by molar-refractivity contribution is 9.10. The van der Waals surface area contributed by atoms with Crippen molar-refractivity contribution in [1.29, 1.82) is 0 Å². The second-order valence-electron chi connectivity index (χ2n) is 5.26. The second-order valence-corrected chi connectivity index (χ2v) is 6.53. The van der Waals surface area contributed by atoms with Crippen LogP contribution in [-0.4, -0.2) is 16.9 Å². The van der Waals surface area contributed by atoms with Gasteiger partial charge in [-0.15, -0.1) is 0 Å². The van der Waals surface area contributed by atoms with Crippen molar-refractivity contribution >= 4 is 56.4 Å². The maximum atomic E-state index is 12.2. The zero-order valence-electron chi connectivity index (χ0n) is 13.6. The van der Waals surface area contributed by atoms with E-state index in [0.717, 1.165) is 6.42 Å². The number of anilines is 2. The lowest BCUT2D eigenvalue weighted by atomic mass is 10.2. The monoisotopic (exact) mass is 419 g/mol. The highest BCUT2D eigenvalue weighted by Gasteiger charge is 2.11. The van der Waals surface area contributed by atoms with Crippen LogP contribution in [0.15, 0.2) is 53.0 Å². The molecule has 0 spiro atoms. The molecule has 0 unspecified atom stereocenters. The number of nitrogens with one attached hydrogen (secondary N) is 3. The molecule has 0 radical (unpaired) electrons. The highest BCUT2D eigenvalue weighted by Crippen LogP contribution is 2.16. The molecule has 25 heavy (non-hydrogen) atoms. The standard InChI is InChI=1S/C18H18BrN3O2S/c1-2-5-16(23)20-12-8-10-13(11-9-12)21-18(25)22-17(24)14-6-3-4-7-15(14)19/h3-4,6-11H,2,5H2,1H3,(H,20,23)(H2,21,22,24,25). The van der Waals surface area contributed by atoms with Gasteiger partial charge in [-0.1, -0.05) is 19.1 Å². The first kappa shape index (κ1) is 19.1. The van der Waals surface area contributed by atoms with Gasteiger partial charge in [-0.25, -0.2) is 0 Å². The van der Waals surface area contributed by atoms with Gasteiger partial charge in [0.1, 0.15) is 0 Å². The highest BCUT2D eigenvalue weighted by atomic mass is 79.9. The minimum atomic E-state index is -0.298. The topological polar surface area (TPSA) is 70.2 Å². The fourth-order valence-corrected chi connectivity index (χ4v) is 2.74. The van der Waals surface area contributed by atoms with Crippen molar-refractivity contribution in [3.05, 3.63) is 58.6 Å².